The lowest BCUT2D eigenvalue weighted by Gasteiger charge is -2.36. The molecule has 1 aliphatic rings. The van der Waals surface area contributed by atoms with Crippen LogP contribution in [-0.2, 0) is 4.79 Å². The maximum absolute atomic E-state index is 12.2. The molecule has 1 amide bonds. The zero-order valence-electron chi connectivity index (χ0n) is 16.8. The number of carbonyl (C=O) groups excluding carboxylic acids is 1. The minimum absolute atomic E-state index is 0.253. The summed E-state index contributed by atoms with van der Waals surface area (Å²) in [6.45, 7) is 3.70. The van der Waals surface area contributed by atoms with E-state index in [1.807, 2.05) is 18.2 Å². The fraction of sp³-hybridized carbons (Fsp3) is 0.167. The summed E-state index contributed by atoms with van der Waals surface area (Å²) < 4.78 is 0. The highest BCUT2D eigenvalue weighted by molar-refractivity contribution is 6.35. The van der Waals surface area contributed by atoms with E-state index < -0.39 is 0 Å². The standard InChI is InChI=1S/C24H22Cl2N4O/c25-19-8-6-18(22(26)16-19)7-11-24(31)28-20-9-10-23(27-17-20)30-14-12-29(13-15-30)21-4-2-1-3-5-21/h1-11,16-17H,12-15H2,(H,28,31)/b11-7+. The molecule has 1 saturated heterocycles. The summed E-state index contributed by atoms with van der Waals surface area (Å²) in [6, 6.07) is 19.4. The number of anilines is 3. The van der Waals surface area contributed by atoms with Gasteiger partial charge in [-0.05, 0) is 48.0 Å². The number of hydrogen-bond acceptors (Lipinski definition) is 4. The molecule has 0 bridgehead atoms. The maximum Gasteiger partial charge on any atom is 0.248 e. The number of piperazine rings is 1. The molecule has 0 aliphatic carbocycles. The number of nitrogens with zero attached hydrogens (tertiary/aromatic N) is 3. The smallest absolute Gasteiger partial charge is 0.248 e. The molecular weight excluding hydrogens is 431 g/mol. The van der Waals surface area contributed by atoms with Gasteiger partial charge in [0.25, 0.3) is 0 Å². The van der Waals surface area contributed by atoms with Crippen molar-refractivity contribution in [2.45, 2.75) is 0 Å². The summed E-state index contributed by atoms with van der Waals surface area (Å²) in [5.74, 6) is 0.659. The number of aromatic nitrogens is 1. The second-order valence-corrected chi connectivity index (χ2v) is 8.05. The zero-order chi connectivity index (χ0) is 21.6. The summed E-state index contributed by atoms with van der Waals surface area (Å²) in [7, 11) is 0. The number of rotatable bonds is 5. The first-order valence-electron chi connectivity index (χ1n) is 10.0. The van der Waals surface area contributed by atoms with Crippen molar-refractivity contribution in [2.24, 2.45) is 0 Å². The third kappa shape index (κ3) is 5.57. The summed E-state index contributed by atoms with van der Waals surface area (Å²) in [5.41, 5.74) is 2.62. The largest absolute Gasteiger partial charge is 0.368 e. The number of hydrogen-bond donors (Lipinski definition) is 1. The Bertz CT molecular complexity index is 1060. The van der Waals surface area contributed by atoms with Crippen LogP contribution in [0.4, 0.5) is 17.2 Å². The second kappa shape index (κ2) is 9.86. The fourth-order valence-corrected chi connectivity index (χ4v) is 3.94. The van der Waals surface area contributed by atoms with Gasteiger partial charge in [-0.25, -0.2) is 4.98 Å². The molecule has 4 rings (SSSR count). The van der Waals surface area contributed by atoms with E-state index in [9.17, 15) is 4.79 Å². The Morgan fingerprint density at radius 3 is 2.35 bits per heavy atom. The lowest BCUT2D eigenvalue weighted by atomic mass is 10.2. The van der Waals surface area contributed by atoms with E-state index in [0.717, 1.165) is 37.6 Å². The monoisotopic (exact) mass is 452 g/mol. The summed E-state index contributed by atoms with van der Waals surface area (Å²) in [5, 5.41) is 3.87. The normalized spacial score (nSPS) is 14.1. The number of nitrogens with one attached hydrogen (secondary N) is 1. The summed E-state index contributed by atoms with van der Waals surface area (Å²) in [6.07, 6.45) is 4.77. The molecule has 2 aromatic carbocycles. The fourth-order valence-electron chi connectivity index (χ4n) is 3.47. The van der Waals surface area contributed by atoms with Crippen LogP contribution in [0.1, 0.15) is 5.56 Å². The van der Waals surface area contributed by atoms with E-state index in [-0.39, 0.29) is 5.91 Å². The van der Waals surface area contributed by atoms with E-state index in [4.69, 9.17) is 23.2 Å². The van der Waals surface area contributed by atoms with E-state index in [2.05, 4.69) is 44.4 Å². The second-order valence-electron chi connectivity index (χ2n) is 7.20. The van der Waals surface area contributed by atoms with Gasteiger partial charge in [-0.1, -0.05) is 47.5 Å². The van der Waals surface area contributed by atoms with Crippen LogP contribution in [0, 0.1) is 0 Å². The Labute approximate surface area is 191 Å². The van der Waals surface area contributed by atoms with Gasteiger partial charge in [0.2, 0.25) is 5.91 Å². The van der Waals surface area contributed by atoms with Crippen LogP contribution in [0.3, 0.4) is 0 Å². The van der Waals surface area contributed by atoms with Gasteiger partial charge in [0.05, 0.1) is 11.9 Å². The van der Waals surface area contributed by atoms with Gasteiger partial charge < -0.3 is 15.1 Å². The van der Waals surface area contributed by atoms with Crippen LogP contribution >= 0.6 is 23.2 Å². The molecule has 2 heterocycles. The SMILES string of the molecule is O=C(/C=C/c1ccc(Cl)cc1Cl)Nc1ccc(N2CCN(c3ccccc3)CC2)nc1. The van der Waals surface area contributed by atoms with Crippen molar-refractivity contribution in [3.8, 4) is 0 Å². The highest BCUT2D eigenvalue weighted by Gasteiger charge is 2.18. The van der Waals surface area contributed by atoms with Crippen LogP contribution in [0.5, 0.6) is 0 Å². The predicted octanol–water partition coefficient (Wildman–Crippen LogP) is 5.37. The topological polar surface area (TPSA) is 48.5 Å². The van der Waals surface area contributed by atoms with Crippen LogP contribution in [-0.4, -0.2) is 37.1 Å². The molecule has 0 radical (unpaired) electrons. The van der Waals surface area contributed by atoms with Crippen molar-refractivity contribution in [1.82, 2.24) is 4.98 Å². The molecular formula is C24H22Cl2N4O. The van der Waals surface area contributed by atoms with Gasteiger partial charge in [-0.3, -0.25) is 4.79 Å². The van der Waals surface area contributed by atoms with E-state index in [1.54, 1.807) is 30.5 Å². The molecule has 0 atom stereocenters. The molecule has 3 aromatic rings. The third-order valence-corrected chi connectivity index (χ3v) is 5.68. The molecule has 1 N–H and O–H groups in total. The average Bonchev–Trinajstić information content (AvgIpc) is 2.80. The predicted molar refractivity (Wildman–Crippen MR) is 129 cm³/mol. The minimum Gasteiger partial charge on any atom is -0.368 e. The van der Waals surface area contributed by atoms with Gasteiger partial charge in [0.1, 0.15) is 5.82 Å². The summed E-state index contributed by atoms with van der Waals surface area (Å²) >= 11 is 12.0. The van der Waals surface area contributed by atoms with Gasteiger partial charge in [-0.2, -0.15) is 0 Å². The van der Waals surface area contributed by atoms with E-state index in [0.29, 0.717) is 15.7 Å². The quantitative estimate of drug-likeness (QED) is 0.528. The number of pyridine rings is 1. The number of benzene rings is 2. The number of amides is 1. The molecule has 158 valence electrons. The van der Waals surface area contributed by atoms with Crippen molar-refractivity contribution in [2.75, 3.05) is 41.3 Å². The Hall–Kier alpha value is -3.02. The third-order valence-electron chi connectivity index (χ3n) is 5.12. The molecule has 0 unspecified atom stereocenters. The number of carbonyl (C=O) groups is 1. The van der Waals surface area contributed by atoms with Crippen molar-refractivity contribution in [1.29, 1.82) is 0 Å². The number of halogens is 2. The van der Waals surface area contributed by atoms with Crippen molar-refractivity contribution in [3.63, 3.8) is 0 Å². The Balaban J connectivity index is 1.31. The molecule has 1 aromatic heterocycles. The molecule has 0 spiro atoms. The lowest BCUT2D eigenvalue weighted by Crippen LogP contribution is -2.46. The summed E-state index contributed by atoms with van der Waals surface area (Å²) in [4.78, 5) is 21.4. The van der Waals surface area contributed by atoms with Crippen LogP contribution in [0.25, 0.3) is 6.08 Å². The molecule has 5 nitrogen and oxygen atoms in total. The van der Waals surface area contributed by atoms with Crippen LogP contribution in [0.15, 0.2) is 72.9 Å². The zero-order valence-corrected chi connectivity index (χ0v) is 18.4. The highest BCUT2D eigenvalue weighted by atomic mass is 35.5. The molecule has 0 saturated carbocycles. The maximum atomic E-state index is 12.2. The van der Waals surface area contributed by atoms with Crippen LogP contribution < -0.4 is 15.1 Å². The van der Waals surface area contributed by atoms with E-state index >= 15 is 0 Å². The van der Waals surface area contributed by atoms with Crippen LogP contribution in [0.2, 0.25) is 10.0 Å². The first-order chi connectivity index (χ1) is 15.1. The van der Waals surface area contributed by atoms with E-state index in [1.165, 1.54) is 11.8 Å². The van der Waals surface area contributed by atoms with Gasteiger partial charge >= 0.3 is 0 Å². The first-order valence-corrected chi connectivity index (χ1v) is 10.8. The lowest BCUT2D eigenvalue weighted by molar-refractivity contribution is -0.111. The Kier molecular flexibility index (Phi) is 6.75. The Morgan fingerprint density at radius 1 is 0.935 bits per heavy atom. The molecule has 31 heavy (non-hydrogen) atoms. The first kappa shape index (κ1) is 21.2. The van der Waals surface area contributed by atoms with Crippen molar-refractivity contribution >= 4 is 52.4 Å². The minimum atomic E-state index is -0.253. The molecule has 1 aliphatic heterocycles. The molecule has 1 fully saturated rings. The Morgan fingerprint density at radius 2 is 1.68 bits per heavy atom. The number of para-hydroxylation sites is 1. The van der Waals surface area contributed by atoms with Gasteiger partial charge in [-0.15, -0.1) is 0 Å². The van der Waals surface area contributed by atoms with Crippen molar-refractivity contribution < 1.29 is 4.79 Å². The van der Waals surface area contributed by atoms with Gasteiger partial charge in [0.15, 0.2) is 0 Å². The van der Waals surface area contributed by atoms with Gasteiger partial charge in [0, 0.05) is 48.0 Å². The highest BCUT2D eigenvalue weighted by Crippen LogP contribution is 2.22. The molecule has 7 heteroatoms. The average molecular weight is 453 g/mol. The van der Waals surface area contributed by atoms with Crippen molar-refractivity contribution in [3.05, 3.63) is 88.5 Å².